The number of likely N-dealkylation sites (N-methyl/N-ethyl adjacent to an activating group) is 1. The van der Waals surface area contributed by atoms with Crippen molar-refractivity contribution in [2.75, 3.05) is 61.8 Å². The third-order valence-electron chi connectivity index (χ3n) is 7.70. The van der Waals surface area contributed by atoms with Gasteiger partial charge in [-0.3, -0.25) is 9.36 Å². The standard InChI is InChI=1S/C30H35N9O/c1-3-27(40)38-15-7-10-25(21-38)39-28-26(34-30(39)33-22-8-5-4-6-9-22)20-31-29(35-28)32-23-11-13-24(14-12-23)37-18-16-36(2)17-19-37/h3-6,8-9,11-14,20,25H,1,7,10,15-19,21H2,2H3,(H,33,34)(H,31,32,35)/t25-/m1/s1. The fourth-order valence-corrected chi connectivity index (χ4v) is 5.48. The highest BCUT2D eigenvalue weighted by molar-refractivity contribution is 5.87. The molecule has 2 N–H and O–H groups in total. The van der Waals surface area contributed by atoms with Crippen LogP contribution in [0, 0.1) is 0 Å². The average molecular weight is 538 g/mol. The van der Waals surface area contributed by atoms with Crippen LogP contribution in [0.15, 0.2) is 73.4 Å². The Kier molecular flexibility index (Phi) is 7.33. The van der Waals surface area contributed by atoms with Gasteiger partial charge in [-0.15, -0.1) is 0 Å². The number of piperazine rings is 1. The summed E-state index contributed by atoms with van der Waals surface area (Å²) in [5, 5.41) is 6.83. The quantitative estimate of drug-likeness (QED) is 0.335. The molecule has 4 aromatic rings. The summed E-state index contributed by atoms with van der Waals surface area (Å²) < 4.78 is 2.12. The molecule has 2 saturated heterocycles. The number of rotatable bonds is 7. The van der Waals surface area contributed by atoms with Crippen LogP contribution in [0.5, 0.6) is 0 Å². The van der Waals surface area contributed by atoms with Crippen molar-refractivity contribution >= 4 is 46.0 Å². The fourth-order valence-electron chi connectivity index (χ4n) is 5.48. The van der Waals surface area contributed by atoms with Crippen molar-refractivity contribution < 1.29 is 4.79 Å². The third-order valence-corrected chi connectivity index (χ3v) is 7.70. The van der Waals surface area contributed by atoms with Gasteiger partial charge < -0.3 is 25.3 Å². The highest BCUT2D eigenvalue weighted by atomic mass is 16.2. The van der Waals surface area contributed by atoms with Crippen molar-refractivity contribution in [3.8, 4) is 0 Å². The first-order valence-electron chi connectivity index (χ1n) is 13.9. The van der Waals surface area contributed by atoms with Gasteiger partial charge in [0.15, 0.2) is 5.65 Å². The van der Waals surface area contributed by atoms with Crippen LogP contribution < -0.4 is 15.5 Å². The first-order valence-corrected chi connectivity index (χ1v) is 13.9. The number of likely N-dealkylation sites (tertiary alicyclic amines) is 1. The number of hydrogen-bond acceptors (Lipinski definition) is 8. The maximum atomic E-state index is 12.4. The molecule has 0 spiro atoms. The lowest BCUT2D eigenvalue weighted by atomic mass is 10.1. The Hall–Kier alpha value is -4.44. The van der Waals surface area contributed by atoms with E-state index in [1.165, 1.54) is 11.8 Å². The second-order valence-electron chi connectivity index (χ2n) is 10.4. The summed E-state index contributed by atoms with van der Waals surface area (Å²) in [7, 11) is 2.17. The van der Waals surface area contributed by atoms with Gasteiger partial charge in [-0.2, -0.15) is 4.98 Å². The summed E-state index contributed by atoms with van der Waals surface area (Å²) in [5.41, 5.74) is 4.50. The Morgan fingerprint density at radius 2 is 1.70 bits per heavy atom. The summed E-state index contributed by atoms with van der Waals surface area (Å²) >= 11 is 0. The highest BCUT2D eigenvalue weighted by Gasteiger charge is 2.28. The van der Waals surface area contributed by atoms with Gasteiger partial charge in [0.1, 0.15) is 5.52 Å². The Labute approximate surface area is 234 Å². The molecule has 0 bridgehead atoms. The molecule has 2 fully saturated rings. The van der Waals surface area contributed by atoms with Gasteiger partial charge in [0.25, 0.3) is 0 Å². The SMILES string of the molecule is C=CC(=O)N1CCC[C@@H](n2c(Nc3ccccc3)nc3cnc(Nc4ccc(N5CCN(C)CC5)cc4)nc32)C1. The fraction of sp³-hybridized carbons (Fsp3) is 0.333. The molecule has 2 aromatic heterocycles. The molecule has 1 atom stereocenters. The first kappa shape index (κ1) is 25.8. The summed E-state index contributed by atoms with van der Waals surface area (Å²) in [6, 6.07) is 18.4. The molecule has 2 aliphatic heterocycles. The molecule has 10 nitrogen and oxygen atoms in total. The highest BCUT2D eigenvalue weighted by Crippen LogP contribution is 2.32. The minimum atomic E-state index is -0.0521. The van der Waals surface area contributed by atoms with Crippen molar-refractivity contribution in [3.05, 3.63) is 73.4 Å². The van der Waals surface area contributed by atoms with E-state index in [2.05, 4.69) is 67.9 Å². The Morgan fingerprint density at radius 1 is 0.950 bits per heavy atom. The summed E-state index contributed by atoms with van der Waals surface area (Å²) in [4.78, 5) is 33.4. The van der Waals surface area contributed by atoms with E-state index in [4.69, 9.17) is 9.97 Å². The second kappa shape index (κ2) is 11.4. The van der Waals surface area contributed by atoms with E-state index in [-0.39, 0.29) is 11.9 Å². The van der Waals surface area contributed by atoms with E-state index in [1.54, 1.807) is 6.20 Å². The molecular weight excluding hydrogens is 502 g/mol. The number of carbonyl (C=O) groups excluding carboxylic acids is 1. The van der Waals surface area contributed by atoms with E-state index < -0.39 is 0 Å². The molecular formula is C30H35N9O. The lowest BCUT2D eigenvalue weighted by Crippen LogP contribution is -2.44. The molecule has 0 radical (unpaired) electrons. The zero-order chi connectivity index (χ0) is 27.5. The van der Waals surface area contributed by atoms with E-state index >= 15 is 0 Å². The number of nitrogens with one attached hydrogen (secondary N) is 2. The number of carbonyl (C=O) groups is 1. The minimum absolute atomic E-state index is 0.0134. The van der Waals surface area contributed by atoms with Crippen LogP contribution in [0.3, 0.4) is 0 Å². The van der Waals surface area contributed by atoms with Crippen LogP contribution in [0.25, 0.3) is 11.2 Å². The summed E-state index contributed by atoms with van der Waals surface area (Å²) in [6.07, 6.45) is 4.95. The number of aromatic nitrogens is 4. The molecule has 6 rings (SSSR count). The van der Waals surface area contributed by atoms with Crippen LogP contribution in [0.2, 0.25) is 0 Å². The largest absolute Gasteiger partial charge is 0.369 e. The number of benzene rings is 2. The monoisotopic (exact) mass is 537 g/mol. The average Bonchev–Trinajstić information content (AvgIpc) is 3.35. The number of para-hydroxylation sites is 1. The number of anilines is 5. The predicted octanol–water partition coefficient (Wildman–Crippen LogP) is 4.41. The number of piperidine rings is 1. The van der Waals surface area contributed by atoms with E-state index in [9.17, 15) is 4.79 Å². The summed E-state index contributed by atoms with van der Waals surface area (Å²) in [6.45, 7) is 9.18. The van der Waals surface area contributed by atoms with E-state index in [1.807, 2.05) is 35.2 Å². The molecule has 2 aliphatic rings. The Bertz CT molecular complexity index is 1480. The van der Waals surface area contributed by atoms with Crippen molar-refractivity contribution in [1.82, 2.24) is 29.3 Å². The minimum Gasteiger partial charge on any atom is -0.369 e. The molecule has 0 aliphatic carbocycles. The number of fused-ring (bicyclic) bond motifs is 1. The second-order valence-corrected chi connectivity index (χ2v) is 10.4. The maximum absolute atomic E-state index is 12.4. The molecule has 0 saturated carbocycles. The van der Waals surface area contributed by atoms with Gasteiger partial charge in [-0.25, -0.2) is 9.97 Å². The van der Waals surface area contributed by atoms with Gasteiger partial charge in [0, 0.05) is 56.3 Å². The zero-order valence-corrected chi connectivity index (χ0v) is 22.8. The summed E-state index contributed by atoms with van der Waals surface area (Å²) in [5.74, 6) is 1.13. The number of hydrogen-bond donors (Lipinski definition) is 2. The van der Waals surface area contributed by atoms with Crippen molar-refractivity contribution in [2.45, 2.75) is 18.9 Å². The van der Waals surface area contributed by atoms with Gasteiger partial charge in [0.2, 0.25) is 17.8 Å². The lowest BCUT2D eigenvalue weighted by Gasteiger charge is -2.34. The Morgan fingerprint density at radius 3 is 2.45 bits per heavy atom. The van der Waals surface area contributed by atoms with Gasteiger partial charge in [0.05, 0.1) is 12.2 Å². The lowest BCUT2D eigenvalue weighted by molar-refractivity contribution is -0.127. The molecule has 2 aromatic carbocycles. The number of nitrogens with zero attached hydrogens (tertiary/aromatic N) is 7. The zero-order valence-electron chi connectivity index (χ0n) is 22.8. The molecule has 4 heterocycles. The van der Waals surface area contributed by atoms with Gasteiger partial charge in [-0.05, 0) is 62.4 Å². The van der Waals surface area contributed by atoms with Crippen LogP contribution in [-0.4, -0.2) is 81.5 Å². The van der Waals surface area contributed by atoms with Gasteiger partial charge >= 0.3 is 0 Å². The molecule has 40 heavy (non-hydrogen) atoms. The molecule has 0 unspecified atom stereocenters. The molecule has 206 valence electrons. The van der Waals surface area contributed by atoms with Crippen molar-refractivity contribution in [1.29, 1.82) is 0 Å². The van der Waals surface area contributed by atoms with Crippen molar-refractivity contribution in [3.63, 3.8) is 0 Å². The van der Waals surface area contributed by atoms with Gasteiger partial charge in [-0.1, -0.05) is 24.8 Å². The normalized spacial score (nSPS) is 18.1. The van der Waals surface area contributed by atoms with Crippen LogP contribution in [0.4, 0.5) is 29.0 Å². The van der Waals surface area contributed by atoms with Crippen LogP contribution in [0.1, 0.15) is 18.9 Å². The van der Waals surface area contributed by atoms with Crippen molar-refractivity contribution in [2.24, 2.45) is 0 Å². The predicted molar refractivity (Wildman–Crippen MR) is 160 cm³/mol. The maximum Gasteiger partial charge on any atom is 0.246 e. The molecule has 10 heteroatoms. The molecule has 1 amide bonds. The van der Waals surface area contributed by atoms with Crippen LogP contribution >= 0.6 is 0 Å². The van der Waals surface area contributed by atoms with E-state index in [0.29, 0.717) is 24.0 Å². The first-order chi connectivity index (χ1) is 19.6. The smallest absolute Gasteiger partial charge is 0.246 e. The van der Waals surface area contributed by atoms with E-state index in [0.717, 1.165) is 62.6 Å². The number of amides is 1. The third kappa shape index (κ3) is 5.48. The Balaban J connectivity index is 1.29. The van der Waals surface area contributed by atoms with Crippen LogP contribution in [-0.2, 0) is 4.79 Å². The number of imidazole rings is 1. The topological polar surface area (TPSA) is 94.4 Å².